The minimum atomic E-state index is -0.468. The third-order valence-corrected chi connectivity index (χ3v) is 4.68. The normalized spacial score (nSPS) is 14.5. The highest BCUT2D eigenvalue weighted by Crippen LogP contribution is 2.49. The summed E-state index contributed by atoms with van der Waals surface area (Å²) >= 11 is 0. The van der Waals surface area contributed by atoms with Crippen LogP contribution in [0, 0.1) is 0 Å². The number of carbonyl (C=O) groups excluding carboxylic acids is 1. The zero-order chi connectivity index (χ0) is 17.3. The Morgan fingerprint density at radius 1 is 0.760 bits per heavy atom. The molecule has 0 saturated heterocycles. The molecule has 4 rings (SSSR count). The number of fused-ring (bicyclic) bond motifs is 1. The lowest BCUT2D eigenvalue weighted by molar-refractivity contribution is -0.134. The molecule has 0 aliphatic heterocycles. The first-order chi connectivity index (χ1) is 12.2. The second kappa shape index (κ2) is 6.06. The van der Waals surface area contributed by atoms with Gasteiger partial charge in [0.25, 0.3) is 0 Å². The molecule has 25 heavy (non-hydrogen) atoms. The lowest BCUT2D eigenvalue weighted by Gasteiger charge is -2.30. The number of esters is 1. The first-order valence-electron chi connectivity index (χ1n) is 8.34. The van der Waals surface area contributed by atoms with Gasteiger partial charge in [0.15, 0.2) is 0 Å². The van der Waals surface area contributed by atoms with Crippen LogP contribution in [0.5, 0.6) is 0 Å². The van der Waals surface area contributed by atoms with E-state index in [1.807, 2.05) is 54.6 Å². The summed E-state index contributed by atoms with van der Waals surface area (Å²) in [6.07, 6.45) is 2.07. The maximum atomic E-state index is 11.6. The summed E-state index contributed by atoms with van der Waals surface area (Å²) in [5.74, 6) is 0.314. The van der Waals surface area contributed by atoms with Crippen molar-refractivity contribution in [1.82, 2.24) is 0 Å². The summed E-state index contributed by atoms with van der Waals surface area (Å²) in [5, 5.41) is 0. The van der Waals surface area contributed by atoms with Crippen molar-refractivity contribution < 1.29 is 9.53 Å². The monoisotopic (exact) mass is 326 g/mol. The van der Waals surface area contributed by atoms with Crippen molar-refractivity contribution in [1.29, 1.82) is 0 Å². The van der Waals surface area contributed by atoms with Crippen LogP contribution in [0.1, 0.15) is 29.2 Å². The van der Waals surface area contributed by atoms with E-state index in [-0.39, 0.29) is 5.97 Å². The first kappa shape index (κ1) is 15.4. The van der Waals surface area contributed by atoms with Crippen molar-refractivity contribution in [3.63, 3.8) is 0 Å². The average Bonchev–Trinajstić information content (AvgIpc) is 2.98. The van der Waals surface area contributed by atoms with Crippen LogP contribution < -0.4 is 0 Å². The summed E-state index contributed by atoms with van der Waals surface area (Å²) in [6, 6.07) is 28.8. The zero-order valence-corrected chi connectivity index (χ0v) is 14.0. The van der Waals surface area contributed by atoms with Gasteiger partial charge in [-0.3, -0.25) is 4.79 Å². The third-order valence-electron chi connectivity index (χ3n) is 4.68. The van der Waals surface area contributed by atoms with E-state index in [4.69, 9.17) is 4.74 Å². The largest absolute Gasteiger partial charge is 0.426 e. The van der Waals surface area contributed by atoms with E-state index in [0.717, 1.165) is 22.3 Å². The van der Waals surface area contributed by atoms with Crippen molar-refractivity contribution in [3.05, 3.63) is 113 Å². The van der Waals surface area contributed by atoms with Crippen LogP contribution in [0.2, 0.25) is 0 Å². The number of hydrogen-bond donors (Lipinski definition) is 0. The molecule has 0 radical (unpaired) electrons. The molecule has 1 aliphatic carbocycles. The Bertz CT molecular complexity index is 901. The fraction of sp³-hybridized carbons (Fsp3) is 0.0870. The Kier molecular flexibility index (Phi) is 3.73. The van der Waals surface area contributed by atoms with Crippen molar-refractivity contribution in [2.24, 2.45) is 0 Å². The number of allylic oxidation sites excluding steroid dienone is 1. The van der Waals surface area contributed by atoms with Crippen molar-refractivity contribution in [2.75, 3.05) is 0 Å². The molecule has 3 aromatic rings. The fourth-order valence-electron chi connectivity index (χ4n) is 3.68. The SMILES string of the molecule is CC(=O)OC1=CC(c2ccccc2)(c2ccccc2)c2ccccc21. The van der Waals surface area contributed by atoms with E-state index in [9.17, 15) is 4.79 Å². The molecular formula is C23H18O2. The molecule has 0 aromatic heterocycles. The van der Waals surface area contributed by atoms with Gasteiger partial charge in [-0.2, -0.15) is 0 Å². The Balaban J connectivity index is 2.05. The van der Waals surface area contributed by atoms with Crippen molar-refractivity contribution in [2.45, 2.75) is 12.3 Å². The molecule has 2 heteroatoms. The maximum Gasteiger partial charge on any atom is 0.308 e. The van der Waals surface area contributed by atoms with Gasteiger partial charge >= 0.3 is 5.97 Å². The topological polar surface area (TPSA) is 26.3 Å². The quantitative estimate of drug-likeness (QED) is 0.637. The fourth-order valence-corrected chi connectivity index (χ4v) is 3.68. The summed E-state index contributed by atoms with van der Waals surface area (Å²) < 4.78 is 5.56. The lowest BCUT2D eigenvalue weighted by atomic mass is 9.71. The summed E-state index contributed by atoms with van der Waals surface area (Å²) in [7, 11) is 0. The summed E-state index contributed by atoms with van der Waals surface area (Å²) in [4.78, 5) is 11.6. The van der Waals surface area contributed by atoms with E-state index in [0.29, 0.717) is 5.76 Å². The van der Waals surface area contributed by atoms with Gasteiger partial charge in [-0.1, -0.05) is 84.9 Å². The zero-order valence-electron chi connectivity index (χ0n) is 14.0. The molecule has 0 unspecified atom stereocenters. The van der Waals surface area contributed by atoms with Crippen LogP contribution >= 0.6 is 0 Å². The molecule has 0 atom stereocenters. The molecule has 0 spiro atoms. The Morgan fingerprint density at radius 3 is 1.84 bits per heavy atom. The van der Waals surface area contributed by atoms with Crippen molar-refractivity contribution >= 4 is 11.7 Å². The molecule has 0 bridgehead atoms. The number of hydrogen-bond acceptors (Lipinski definition) is 2. The molecule has 2 nitrogen and oxygen atoms in total. The molecule has 122 valence electrons. The predicted octanol–water partition coefficient (Wildman–Crippen LogP) is 4.94. The first-order valence-corrected chi connectivity index (χ1v) is 8.34. The second-order valence-corrected chi connectivity index (χ2v) is 6.19. The van der Waals surface area contributed by atoms with Crippen LogP contribution in [0.4, 0.5) is 0 Å². The Hall–Kier alpha value is -3.13. The molecule has 0 saturated carbocycles. The van der Waals surface area contributed by atoms with E-state index >= 15 is 0 Å². The van der Waals surface area contributed by atoms with E-state index in [1.165, 1.54) is 6.92 Å². The number of rotatable bonds is 3. The smallest absolute Gasteiger partial charge is 0.308 e. The van der Waals surface area contributed by atoms with Gasteiger partial charge in [0, 0.05) is 12.5 Å². The molecule has 0 amide bonds. The molecule has 0 N–H and O–H groups in total. The summed E-state index contributed by atoms with van der Waals surface area (Å²) in [6.45, 7) is 1.44. The Labute approximate surface area is 147 Å². The van der Waals surface area contributed by atoms with Gasteiger partial charge in [-0.15, -0.1) is 0 Å². The van der Waals surface area contributed by atoms with Gasteiger partial charge in [-0.05, 0) is 22.8 Å². The molecule has 3 aromatic carbocycles. The predicted molar refractivity (Wildman–Crippen MR) is 99.0 cm³/mol. The van der Waals surface area contributed by atoms with Crippen molar-refractivity contribution in [3.8, 4) is 0 Å². The standard InChI is InChI=1S/C23H18O2/c1-17(24)25-22-16-23(18-10-4-2-5-11-18,19-12-6-3-7-13-19)21-15-9-8-14-20(21)22/h2-16H,1H3. The average molecular weight is 326 g/mol. The van der Waals surface area contributed by atoms with Gasteiger partial charge < -0.3 is 4.74 Å². The third kappa shape index (κ3) is 2.47. The highest BCUT2D eigenvalue weighted by molar-refractivity contribution is 5.84. The molecule has 1 aliphatic rings. The number of ether oxygens (including phenoxy) is 1. The molecule has 0 heterocycles. The minimum absolute atomic E-state index is 0.307. The van der Waals surface area contributed by atoms with Gasteiger partial charge in [0.1, 0.15) is 5.76 Å². The van der Waals surface area contributed by atoms with Gasteiger partial charge in [-0.25, -0.2) is 0 Å². The lowest BCUT2D eigenvalue weighted by Crippen LogP contribution is -2.25. The Morgan fingerprint density at radius 2 is 1.28 bits per heavy atom. The van der Waals surface area contributed by atoms with E-state index < -0.39 is 5.41 Å². The minimum Gasteiger partial charge on any atom is -0.426 e. The van der Waals surface area contributed by atoms with E-state index in [1.54, 1.807) is 0 Å². The summed E-state index contributed by atoms with van der Waals surface area (Å²) in [5.41, 5.74) is 3.92. The number of benzene rings is 3. The molecule has 0 fully saturated rings. The highest BCUT2D eigenvalue weighted by Gasteiger charge is 2.42. The van der Waals surface area contributed by atoms with Gasteiger partial charge in [0.2, 0.25) is 0 Å². The van der Waals surface area contributed by atoms with Crippen LogP contribution in [-0.4, -0.2) is 5.97 Å². The van der Waals surface area contributed by atoms with Crippen LogP contribution in [0.25, 0.3) is 5.76 Å². The van der Waals surface area contributed by atoms with Gasteiger partial charge in [0.05, 0.1) is 5.41 Å². The van der Waals surface area contributed by atoms with Crippen LogP contribution in [0.15, 0.2) is 91.0 Å². The second-order valence-electron chi connectivity index (χ2n) is 6.19. The number of carbonyl (C=O) groups is 1. The van der Waals surface area contributed by atoms with E-state index in [2.05, 4.69) is 36.4 Å². The molecular weight excluding hydrogens is 308 g/mol. The highest BCUT2D eigenvalue weighted by atomic mass is 16.5. The van der Waals surface area contributed by atoms with Crippen LogP contribution in [0.3, 0.4) is 0 Å². The maximum absolute atomic E-state index is 11.6. The van der Waals surface area contributed by atoms with Crippen LogP contribution in [-0.2, 0) is 14.9 Å².